The van der Waals surface area contributed by atoms with E-state index in [0.717, 1.165) is 11.0 Å². The van der Waals surface area contributed by atoms with Gasteiger partial charge in [-0.25, -0.2) is 4.79 Å². The molecule has 1 N–H and O–H groups in total. The predicted octanol–water partition coefficient (Wildman–Crippen LogP) is 3.28. The number of nitrogens with zero attached hydrogens (tertiary/aromatic N) is 1. The Morgan fingerprint density at radius 3 is 2.60 bits per heavy atom. The van der Waals surface area contributed by atoms with E-state index in [9.17, 15) is 4.79 Å². The molecule has 0 saturated carbocycles. The summed E-state index contributed by atoms with van der Waals surface area (Å²) >= 11 is 0. The molecule has 0 unspecified atom stereocenters. The molecule has 110 valence electrons. The van der Waals surface area contributed by atoms with Gasteiger partial charge < -0.3 is 10.1 Å². The first kappa shape index (κ1) is 16.2. The molecule has 0 saturated heterocycles. The van der Waals surface area contributed by atoms with Gasteiger partial charge in [0.05, 0.1) is 14.1 Å². The van der Waals surface area contributed by atoms with Crippen molar-refractivity contribution in [2.75, 3.05) is 27.7 Å². The van der Waals surface area contributed by atoms with Gasteiger partial charge in [-0.15, -0.1) is 0 Å². The predicted molar refractivity (Wildman–Crippen MR) is 84.3 cm³/mol. The smallest absolute Gasteiger partial charge is 0.410 e. The van der Waals surface area contributed by atoms with E-state index >= 15 is 0 Å². The Labute approximate surface area is 121 Å². The summed E-state index contributed by atoms with van der Waals surface area (Å²) in [5.41, 5.74) is 2.39. The Kier molecular flexibility index (Phi) is 5.34. The van der Waals surface area contributed by atoms with Crippen molar-refractivity contribution in [3.63, 3.8) is 0 Å². The van der Waals surface area contributed by atoms with Crippen molar-refractivity contribution in [2.24, 2.45) is 0 Å². The number of nitrogens with one attached hydrogen (secondary N) is 1. The normalized spacial score (nSPS) is 11.3. The summed E-state index contributed by atoms with van der Waals surface area (Å²) in [6, 6.07) is 5.80. The van der Waals surface area contributed by atoms with Gasteiger partial charge in [-0.05, 0) is 24.1 Å². The molecule has 0 atom stereocenters. The van der Waals surface area contributed by atoms with Crippen molar-refractivity contribution < 1.29 is 9.53 Å². The van der Waals surface area contributed by atoms with Gasteiger partial charge in [-0.1, -0.05) is 20.4 Å². The monoisotopic (exact) mass is 277 g/mol. The van der Waals surface area contributed by atoms with Crippen molar-refractivity contribution in [2.45, 2.75) is 19.8 Å². The van der Waals surface area contributed by atoms with Gasteiger partial charge in [0, 0.05) is 18.7 Å². The van der Waals surface area contributed by atoms with Crippen LogP contribution in [-0.2, 0) is 0 Å². The summed E-state index contributed by atoms with van der Waals surface area (Å²) in [5, 5.41) is 2.45. The average Bonchev–Trinajstić information content (AvgIpc) is 2.38. The second kappa shape index (κ2) is 6.57. The summed E-state index contributed by atoms with van der Waals surface area (Å²) < 4.78 is 5.92. The molecule has 1 rings (SSSR count). The maximum absolute atomic E-state index is 11.3. The lowest BCUT2D eigenvalue weighted by molar-refractivity contribution is 0.203. The minimum atomic E-state index is -0.452. The van der Waals surface area contributed by atoms with Gasteiger partial charge in [0.2, 0.25) is 0 Å². The lowest BCUT2D eigenvalue weighted by Crippen LogP contribution is -2.41. The highest BCUT2D eigenvalue weighted by Gasteiger charge is 2.23. The average molecular weight is 277 g/mol. The molecule has 4 heteroatoms. The van der Waals surface area contributed by atoms with Crippen LogP contribution >= 0.6 is 0 Å². The molecule has 0 aliphatic carbocycles. The molecule has 0 fully saturated rings. The first-order valence-corrected chi connectivity index (χ1v) is 6.79. The van der Waals surface area contributed by atoms with Crippen LogP contribution in [0.3, 0.4) is 0 Å². The van der Waals surface area contributed by atoms with Crippen molar-refractivity contribution in [1.82, 2.24) is 9.80 Å². The third kappa shape index (κ3) is 3.84. The molecule has 4 nitrogen and oxygen atoms in total. The molecular weight excluding hydrogens is 252 g/mol. The molecule has 1 aromatic carbocycles. The van der Waals surface area contributed by atoms with Gasteiger partial charge in [-0.2, -0.15) is 0 Å². The zero-order valence-electron chi connectivity index (χ0n) is 13.1. The number of amides is 1. The van der Waals surface area contributed by atoms with Crippen molar-refractivity contribution in [3.8, 4) is 5.75 Å². The van der Waals surface area contributed by atoms with E-state index < -0.39 is 6.09 Å². The summed E-state index contributed by atoms with van der Waals surface area (Å²) in [6.45, 7) is 8.93. The Balaban J connectivity index is 3.20. The Hall–Kier alpha value is -1.81. The quantitative estimate of drug-likeness (QED) is 0.662. The molecule has 0 heterocycles. The summed E-state index contributed by atoms with van der Waals surface area (Å²) in [5.74, 6) is 0.913. The Morgan fingerprint density at radius 2 is 2.10 bits per heavy atom. The zero-order chi connectivity index (χ0) is 15.3. The standard InChI is InChI=1S/C16H24N2O2/c1-7-10-18(5,6)15-9-8-13(20-16(19)17-4)11-14(15)12(2)3/h7-9,11-12H,1,10H2,2-6H3/p+1. The lowest BCUT2D eigenvalue weighted by atomic mass is 9.99. The largest absolute Gasteiger partial charge is 0.412 e. The van der Waals surface area contributed by atoms with Crippen molar-refractivity contribution in [3.05, 3.63) is 36.4 Å². The Morgan fingerprint density at radius 1 is 1.45 bits per heavy atom. The maximum Gasteiger partial charge on any atom is 0.412 e. The highest BCUT2D eigenvalue weighted by atomic mass is 16.5. The van der Waals surface area contributed by atoms with E-state index in [4.69, 9.17) is 4.74 Å². The minimum absolute atomic E-state index is 0.348. The van der Waals surface area contributed by atoms with Gasteiger partial charge in [0.15, 0.2) is 0 Å². The number of likely N-dealkylation sites (N-methyl/N-ethyl adjacent to an activating group) is 1. The van der Waals surface area contributed by atoms with Crippen LogP contribution in [0.25, 0.3) is 0 Å². The van der Waals surface area contributed by atoms with E-state index in [0.29, 0.717) is 11.7 Å². The highest BCUT2D eigenvalue weighted by Crippen LogP contribution is 2.33. The molecular formula is C16H25N2O2+. The van der Waals surface area contributed by atoms with E-state index in [1.165, 1.54) is 11.3 Å². The molecule has 0 aliphatic heterocycles. The maximum atomic E-state index is 11.3. The van der Waals surface area contributed by atoms with Crippen LogP contribution in [0.1, 0.15) is 25.3 Å². The number of hydrogen-bond acceptors (Lipinski definition) is 2. The lowest BCUT2D eigenvalue weighted by Gasteiger charge is -2.31. The van der Waals surface area contributed by atoms with E-state index in [2.05, 4.69) is 39.8 Å². The first-order chi connectivity index (χ1) is 9.31. The van der Waals surface area contributed by atoms with Gasteiger partial charge in [0.1, 0.15) is 18.0 Å². The van der Waals surface area contributed by atoms with Crippen LogP contribution in [0.2, 0.25) is 0 Å². The van der Waals surface area contributed by atoms with Gasteiger partial charge >= 0.3 is 6.09 Å². The number of ether oxygens (including phenoxy) is 1. The molecule has 1 aromatic rings. The summed E-state index contributed by atoms with van der Waals surface area (Å²) in [6.07, 6.45) is 1.46. The number of hydrogen-bond donors (Lipinski definition) is 1. The topological polar surface area (TPSA) is 38.3 Å². The van der Waals surface area contributed by atoms with Crippen LogP contribution in [0.4, 0.5) is 10.5 Å². The Bertz CT molecular complexity index is 493. The van der Waals surface area contributed by atoms with E-state index in [1.54, 1.807) is 7.05 Å². The van der Waals surface area contributed by atoms with E-state index in [-0.39, 0.29) is 0 Å². The molecule has 20 heavy (non-hydrogen) atoms. The van der Waals surface area contributed by atoms with Crippen LogP contribution in [0, 0.1) is 0 Å². The minimum Gasteiger partial charge on any atom is -0.410 e. The molecule has 0 aromatic heterocycles. The third-order valence-electron chi connectivity index (χ3n) is 3.27. The number of carbonyl (C=O) groups is 1. The van der Waals surface area contributed by atoms with Crippen molar-refractivity contribution >= 4 is 11.8 Å². The fourth-order valence-corrected chi connectivity index (χ4v) is 2.19. The summed E-state index contributed by atoms with van der Waals surface area (Å²) in [7, 11) is 5.83. The fraction of sp³-hybridized carbons (Fsp3) is 0.438. The zero-order valence-corrected chi connectivity index (χ0v) is 13.1. The number of benzene rings is 1. The van der Waals surface area contributed by atoms with Gasteiger partial charge in [-0.3, -0.25) is 4.48 Å². The van der Waals surface area contributed by atoms with Crippen LogP contribution in [-0.4, -0.2) is 33.8 Å². The first-order valence-electron chi connectivity index (χ1n) is 6.79. The second-order valence-corrected chi connectivity index (χ2v) is 5.67. The second-order valence-electron chi connectivity index (χ2n) is 5.67. The molecule has 0 radical (unpaired) electrons. The number of rotatable bonds is 5. The molecule has 1 amide bonds. The number of carbonyl (C=O) groups excluding carboxylic acids is 1. The van der Waals surface area contributed by atoms with Crippen molar-refractivity contribution in [1.29, 1.82) is 0 Å². The highest BCUT2D eigenvalue weighted by molar-refractivity contribution is 5.70. The third-order valence-corrected chi connectivity index (χ3v) is 3.27. The van der Waals surface area contributed by atoms with Crippen LogP contribution < -0.4 is 14.5 Å². The molecule has 0 spiro atoms. The molecule has 0 bridgehead atoms. The van der Waals surface area contributed by atoms with Crippen LogP contribution in [0.15, 0.2) is 30.9 Å². The number of quaternary nitrogens is 1. The molecule has 0 aliphatic rings. The fourth-order valence-electron chi connectivity index (χ4n) is 2.19. The van der Waals surface area contributed by atoms with E-state index in [1.807, 2.05) is 24.3 Å². The SMILES string of the molecule is C=CC[N+](C)(C)c1ccc(OC(=O)NC)cc1C(C)C. The van der Waals surface area contributed by atoms with Gasteiger partial charge in [0.25, 0.3) is 0 Å². The summed E-state index contributed by atoms with van der Waals surface area (Å²) in [4.78, 5) is 11.3. The van der Waals surface area contributed by atoms with Crippen LogP contribution in [0.5, 0.6) is 5.75 Å².